The second kappa shape index (κ2) is 5.26. The lowest BCUT2D eigenvalue weighted by molar-refractivity contribution is 0.688. The number of benzene rings is 2. The number of nitrogens with zero attached hydrogens (tertiary/aromatic N) is 1. The molecule has 0 bridgehead atoms. The molecule has 1 heterocycles. The van der Waals surface area contributed by atoms with E-state index < -0.39 is 0 Å². The number of rotatable bonds is 3. The van der Waals surface area contributed by atoms with Gasteiger partial charge >= 0.3 is 0 Å². The maximum Gasteiger partial charge on any atom is 0.0398 e. The number of anilines is 1. The van der Waals surface area contributed by atoms with Crippen LogP contribution in [0.15, 0.2) is 54.6 Å². The minimum Gasteiger partial charge on any atom is -0.371 e. The smallest absolute Gasteiger partial charge is 0.0398 e. The average Bonchev–Trinajstić information content (AvgIpc) is 2.46. The molecule has 2 aromatic carbocycles. The van der Waals surface area contributed by atoms with Gasteiger partial charge < -0.3 is 4.90 Å². The van der Waals surface area contributed by atoms with E-state index in [2.05, 4.69) is 59.5 Å². The Morgan fingerprint density at radius 1 is 0.889 bits per heavy atom. The molecule has 1 nitrogen and oxygen atoms in total. The van der Waals surface area contributed by atoms with Crippen LogP contribution in [0.2, 0.25) is 0 Å². The van der Waals surface area contributed by atoms with Gasteiger partial charge in [0.05, 0.1) is 0 Å². The number of para-hydroxylation sites is 1. The largest absolute Gasteiger partial charge is 0.371 e. The average molecular weight is 237 g/mol. The van der Waals surface area contributed by atoms with E-state index in [0.717, 1.165) is 13.0 Å². The standard InChI is InChI=1S/C17H19N/c1-2-7-15(8-3-1)12-14-18-13-6-10-16-9-4-5-11-17(16)18/h1-5,7-9,11H,6,10,12-14H2. The van der Waals surface area contributed by atoms with Crippen molar-refractivity contribution >= 4 is 5.69 Å². The lowest BCUT2D eigenvalue weighted by atomic mass is 10.0. The first-order chi connectivity index (χ1) is 8.93. The molecule has 3 rings (SSSR count). The van der Waals surface area contributed by atoms with E-state index in [1.165, 1.54) is 36.2 Å². The number of fused-ring (bicyclic) bond motifs is 1. The first-order valence-corrected chi connectivity index (χ1v) is 6.80. The van der Waals surface area contributed by atoms with Gasteiger partial charge in [0.1, 0.15) is 0 Å². The Bertz CT molecular complexity index is 504. The topological polar surface area (TPSA) is 3.24 Å². The normalized spacial score (nSPS) is 14.3. The van der Waals surface area contributed by atoms with Crippen LogP contribution >= 0.6 is 0 Å². The van der Waals surface area contributed by atoms with Crippen LogP contribution in [0.4, 0.5) is 5.69 Å². The molecule has 0 saturated carbocycles. The zero-order chi connectivity index (χ0) is 12.2. The van der Waals surface area contributed by atoms with E-state index in [9.17, 15) is 0 Å². The summed E-state index contributed by atoms with van der Waals surface area (Å²) in [5.41, 5.74) is 4.39. The molecule has 0 aromatic heterocycles. The highest BCUT2D eigenvalue weighted by atomic mass is 15.1. The Labute approximate surface area is 109 Å². The highest BCUT2D eigenvalue weighted by molar-refractivity contribution is 5.55. The summed E-state index contributed by atoms with van der Waals surface area (Å²) in [5, 5.41) is 0. The predicted octanol–water partition coefficient (Wildman–Crippen LogP) is 3.68. The third-order valence-corrected chi connectivity index (χ3v) is 3.72. The van der Waals surface area contributed by atoms with Crippen LogP contribution in [0.25, 0.3) is 0 Å². The quantitative estimate of drug-likeness (QED) is 0.787. The van der Waals surface area contributed by atoms with Crippen molar-refractivity contribution in [3.8, 4) is 0 Å². The fourth-order valence-corrected chi connectivity index (χ4v) is 2.75. The van der Waals surface area contributed by atoms with Crippen molar-refractivity contribution in [2.24, 2.45) is 0 Å². The maximum atomic E-state index is 2.53. The number of hydrogen-bond acceptors (Lipinski definition) is 1. The predicted molar refractivity (Wildman–Crippen MR) is 77.1 cm³/mol. The van der Waals surface area contributed by atoms with Crippen LogP contribution in [0.1, 0.15) is 17.5 Å². The third-order valence-electron chi connectivity index (χ3n) is 3.72. The summed E-state index contributed by atoms with van der Waals surface area (Å²) in [4.78, 5) is 2.53. The first-order valence-electron chi connectivity index (χ1n) is 6.80. The van der Waals surface area contributed by atoms with Gasteiger partial charge in [-0.25, -0.2) is 0 Å². The second-order valence-electron chi connectivity index (χ2n) is 4.95. The Morgan fingerprint density at radius 3 is 2.56 bits per heavy atom. The van der Waals surface area contributed by atoms with Crippen molar-refractivity contribution in [2.45, 2.75) is 19.3 Å². The van der Waals surface area contributed by atoms with Crippen molar-refractivity contribution in [3.63, 3.8) is 0 Å². The van der Waals surface area contributed by atoms with Gasteiger partial charge in [-0.3, -0.25) is 0 Å². The van der Waals surface area contributed by atoms with Gasteiger partial charge in [0, 0.05) is 18.8 Å². The molecule has 0 N–H and O–H groups in total. The molecule has 1 heteroatoms. The van der Waals surface area contributed by atoms with Gasteiger partial charge in [-0.2, -0.15) is 0 Å². The van der Waals surface area contributed by atoms with E-state index in [1.807, 2.05) is 0 Å². The van der Waals surface area contributed by atoms with Crippen molar-refractivity contribution in [3.05, 3.63) is 65.7 Å². The van der Waals surface area contributed by atoms with Crippen LogP contribution in [-0.4, -0.2) is 13.1 Å². The molecule has 0 amide bonds. The minimum absolute atomic E-state index is 1.13. The zero-order valence-corrected chi connectivity index (χ0v) is 10.7. The van der Waals surface area contributed by atoms with Gasteiger partial charge in [-0.1, -0.05) is 48.5 Å². The van der Waals surface area contributed by atoms with Gasteiger partial charge in [-0.05, 0) is 36.5 Å². The molecule has 0 fully saturated rings. The molecule has 0 atom stereocenters. The van der Waals surface area contributed by atoms with Crippen molar-refractivity contribution in [1.82, 2.24) is 0 Å². The summed E-state index contributed by atoms with van der Waals surface area (Å²) in [6, 6.07) is 19.6. The van der Waals surface area contributed by atoms with Crippen LogP contribution in [0.5, 0.6) is 0 Å². The molecular weight excluding hydrogens is 218 g/mol. The molecule has 18 heavy (non-hydrogen) atoms. The molecule has 0 saturated heterocycles. The van der Waals surface area contributed by atoms with E-state index in [1.54, 1.807) is 0 Å². The zero-order valence-electron chi connectivity index (χ0n) is 10.7. The molecule has 0 aliphatic carbocycles. The molecule has 1 aliphatic heterocycles. The van der Waals surface area contributed by atoms with Crippen LogP contribution < -0.4 is 4.90 Å². The summed E-state index contributed by atoms with van der Waals surface area (Å²) >= 11 is 0. The van der Waals surface area contributed by atoms with Gasteiger partial charge in [0.15, 0.2) is 0 Å². The van der Waals surface area contributed by atoms with Gasteiger partial charge in [0.25, 0.3) is 0 Å². The molecule has 0 unspecified atom stereocenters. The van der Waals surface area contributed by atoms with Crippen LogP contribution in [0.3, 0.4) is 0 Å². The van der Waals surface area contributed by atoms with E-state index >= 15 is 0 Å². The number of hydrogen-bond donors (Lipinski definition) is 0. The second-order valence-corrected chi connectivity index (χ2v) is 4.95. The monoisotopic (exact) mass is 237 g/mol. The minimum atomic E-state index is 1.13. The Hall–Kier alpha value is -1.76. The fourth-order valence-electron chi connectivity index (χ4n) is 2.75. The number of aryl methyl sites for hydroxylation is 1. The van der Waals surface area contributed by atoms with Crippen molar-refractivity contribution in [1.29, 1.82) is 0 Å². The van der Waals surface area contributed by atoms with Gasteiger partial charge in [-0.15, -0.1) is 0 Å². The summed E-state index contributed by atoms with van der Waals surface area (Å²) < 4.78 is 0. The fraction of sp³-hybridized carbons (Fsp3) is 0.294. The Kier molecular flexibility index (Phi) is 3.31. The highest BCUT2D eigenvalue weighted by Crippen LogP contribution is 2.26. The lowest BCUT2D eigenvalue weighted by Crippen LogP contribution is -2.31. The van der Waals surface area contributed by atoms with Gasteiger partial charge in [0.2, 0.25) is 0 Å². The summed E-state index contributed by atoms with van der Waals surface area (Å²) in [5.74, 6) is 0. The van der Waals surface area contributed by atoms with E-state index in [-0.39, 0.29) is 0 Å². The Balaban J connectivity index is 1.71. The van der Waals surface area contributed by atoms with Crippen LogP contribution in [-0.2, 0) is 12.8 Å². The Morgan fingerprint density at radius 2 is 1.67 bits per heavy atom. The summed E-state index contributed by atoms with van der Waals surface area (Å²) in [7, 11) is 0. The van der Waals surface area contributed by atoms with Crippen molar-refractivity contribution < 1.29 is 0 Å². The molecule has 0 radical (unpaired) electrons. The highest BCUT2D eigenvalue weighted by Gasteiger charge is 2.15. The molecule has 2 aromatic rings. The molecule has 92 valence electrons. The SMILES string of the molecule is c1ccc(CCN2CCCc3ccccc32)cc1. The molecule has 0 spiro atoms. The maximum absolute atomic E-state index is 2.53. The lowest BCUT2D eigenvalue weighted by Gasteiger charge is -2.31. The molecular formula is C17H19N. The third kappa shape index (κ3) is 2.40. The van der Waals surface area contributed by atoms with Crippen LogP contribution in [0, 0.1) is 0 Å². The summed E-state index contributed by atoms with van der Waals surface area (Å²) in [6.45, 7) is 2.32. The van der Waals surface area contributed by atoms with Crippen molar-refractivity contribution in [2.75, 3.05) is 18.0 Å². The van der Waals surface area contributed by atoms with E-state index in [4.69, 9.17) is 0 Å². The van der Waals surface area contributed by atoms with E-state index in [0.29, 0.717) is 0 Å². The first kappa shape index (κ1) is 11.3. The molecule has 1 aliphatic rings. The summed E-state index contributed by atoms with van der Waals surface area (Å²) in [6.07, 6.45) is 3.65.